The van der Waals surface area contributed by atoms with Gasteiger partial charge in [0, 0.05) is 37.5 Å². The first-order valence-corrected chi connectivity index (χ1v) is 12.7. The van der Waals surface area contributed by atoms with Crippen LogP contribution in [0.1, 0.15) is 37.4 Å². The van der Waals surface area contributed by atoms with Crippen molar-refractivity contribution in [1.29, 1.82) is 0 Å². The first-order valence-electron chi connectivity index (χ1n) is 11.8. The van der Waals surface area contributed by atoms with Crippen molar-refractivity contribution < 1.29 is 9.53 Å². The zero-order valence-electron chi connectivity index (χ0n) is 18.8. The fraction of sp³-hybridized carbons (Fsp3) is 0.520. The molecule has 2 aliphatic heterocycles. The number of carbonyl (C=O) groups excluding carboxylic acids is 1. The van der Waals surface area contributed by atoms with Crippen LogP contribution in [0.5, 0.6) is 0 Å². The fourth-order valence-corrected chi connectivity index (χ4v) is 6.09. The van der Waals surface area contributed by atoms with Gasteiger partial charge >= 0.3 is 0 Å². The number of carbonyl (C=O) groups is 1. The summed E-state index contributed by atoms with van der Waals surface area (Å²) in [6, 6.07) is 10.4. The van der Waals surface area contributed by atoms with Crippen LogP contribution in [0.15, 0.2) is 35.7 Å². The highest BCUT2D eigenvalue weighted by atomic mass is 32.1. The van der Waals surface area contributed by atoms with Gasteiger partial charge in [0.1, 0.15) is 4.83 Å². The molecule has 3 aromatic rings. The Morgan fingerprint density at radius 3 is 2.75 bits per heavy atom. The summed E-state index contributed by atoms with van der Waals surface area (Å²) in [7, 11) is 0. The molecule has 0 aliphatic carbocycles. The summed E-state index contributed by atoms with van der Waals surface area (Å²) in [5.74, 6) is 1.40. The van der Waals surface area contributed by atoms with E-state index in [1.807, 2.05) is 6.07 Å². The summed E-state index contributed by atoms with van der Waals surface area (Å²) in [5.41, 5.74) is 2.33. The lowest BCUT2D eigenvalue weighted by molar-refractivity contribution is 0.0779. The lowest BCUT2D eigenvalue weighted by Gasteiger charge is -2.33. The monoisotopic (exact) mass is 452 g/mol. The number of hydrogen-bond acceptors (Lipinski definition) is 6. The van der Waals surface area contributed by atoms with Crippen LogP contribution in [0, 0.1) is 5.92 Å². The highest BCUT2D eigenvalue weighted by Gasteiger charge is 2.27. The van der Waals surface area contributed by atoms with Crippen molar-refractivity contribution >= 4 is 33.3 Å². The van der Waals surface area contributed by atoms with Crippen molar-refractivity contribution in [3.05, 3.63) is 35.7 Å². The highest BCUT2D eigenvalue weighted by Crippen LogP contribution is 2.41. The predicted octanol–water partition coefficient (Wildman–Crippen LogP) is 4.75. The summed E-state index contributed by atoms with van der Waals surface area (Å²) in [6.07, 6.45) is 4.96. The third-order valence-corrected chi connectivity index (χ3v) is 7.64. The largest absolute Gasteiger partial charge is 0.380 e. The number of likely N-dealkylation sites (tertiary alicyclic amines) is 1. The Hall–Kier alpha value is -2.22. The van der Waals surface area contributed by atoms with E-state index in [0.717, 1.165) is 60.9 Å². The Morgan fingerprint density at radius 1 is 1.16 bits per heavy atom. The molecule has 2 aromatic heterocycles. The maximum atomic E-state index is 12.3. The van der Waals surface area contributed by atoms with Crippen LogP contribution >= 0.6 is 11.3 Å². The molecular formula is C25H32N4O2S. The molecule has 1 aromatic carbocycles. The van der Waals surface area contributed by atoms with E-state index in [4.69, 9.17) is 9.84 Å². The third-order valence-electron chi connectivity index (χ3n) is 6.69. The third kappa shape index (κ3) is 4.47. The van der Waals surface area contributed by atoms with Crippen molar-refractivity contribution in [1.82, 2.24) is 14.7 Å². The van der Waals surface area contributed by atoms with Crippen LogP contribution in [0.4, 0.5) is 5.82 Å². The highest BCUT2D eigenvalue weighted by molar-refractivity contribution is 7.17. The normalized spacial score (nSPS) is 19.8. The lowest BCUT2D eigenvalue weighted by atomic mass is 9.98. The molecule has 4 heterocycles. The second kappa shape index (κ2) is 9.73. The number of fused-ring (bicyclic) bond motifs is 1. The number of aromatic nitrogens is 2. The van der Waals surface area contributed by atoms with Crippen LogP contribution < -0.4 is 4.90 Å². The summed E-state index contributed by atoms with van der Waals surface area (Å²) < 4.78 is 7.66. The molecule has 7 heteroatoms. The van der Waals surface area contributed by atoms with Gasteiger partial charge in [-0.25, -0.2) is 0 Å². The van der Waals surface area contributed by atoms with Gasteiger partial charge in [-0.05, 0) is 50.3 Å². The number of ether oxygens (including phenoxy) is 1. The number of rotatable bonds is 7. The van der Waals surface area contributed by atoms with Crippen LogP contribution in [-0.4, -0.2) is 66.5 Å². The van der Waals surface area contributed by atoms with Crippen molar-refractivity contribution in [2.75, 3.05) is 50.8 Å². The molecule has 32 heavy (non-hydrogen) atoms. The standard InChI is InChI=1S/C25H32N4O2S/c1-19(30)29-25-23(22(18-32-25)21-9-3-2-4-10-21)24(26-29)28-13-7-8-20(16-28)17-31-15-14-27-11-5-6-12-27/h2-4,9-10,18,20H,5-8,11-17H2,1H3. The summed E-state index contributed by atoms with van der Waals surface area (Å²) in [4.78, 5) is 18.1. The SMILES string of the molecule is CC(=O)n1nc(N2CCCC(COCCN3CCCC3)C2)c2c(-c3ccccc3)csc21. The average molecular weight is 453 g/mol. The van der Waals surface area contributed by atoms with Crippen molar-refractivity contribution in [3.63, 3.8) is 0 Å². The Labute approximate surface area is 193 Å². The zero-order valence-corrected chi connectivity index (χ0v) is 19.6. The minimum absolute atomic E-state index is 0.0403. The van der Waals surface area contributed by atoms with Gasteiger partial charge < -0.3 is 14.5 Å². The number of thiophene rings is 1. The number of anilines is 1. The number of nitrogens with zero attached hydrogens (tertiary/aromatic N) is 4. The minimum atomic E-state index is -0.0403. The second-order valence-corrected chi connectivity index (χ2v) is 9.89. The van der Waals surface area contributed by atoms with Gasteiger partial charge in [0.2, 0.25) is 5.91 Å². The van der Waals surface area contributed by atoms with E-state index >= 15 is 0 Å². The van der Waals surface area contributed by atoms with E-state index in [-0.39, 0.29) is 5.91 Å². The summed E-state index contributed by atoms with van der Waals surface area (Å²) in [6.45, 7) is 8.61. The van der Waals surface area contributed by atoms with Gasteiger partial charge in [-0.3, -0.25) is 4.79 Å². The molecule has 170 valence electrons. The number of benzene rings is 1. The molecule has 6 nitrogen and oxygen atoms in total. The molecule has 1 atom stereocenters. The van der Waals surface area contributed by atoms with Crippen LogP contribution in [-0.2, 0) is 4.74 Å². The number of piperidine rings is 1. The van der Waals surface area contributed by atoms with E-state index in [1.165, 1.54) is 37.9 Å². The van der Waals surface area contributed by atoms with E-state index < -0.39 is 0 Å². The van der Waals surface area contributed by atoms with Crippen LogP contribution in [0.3, 0.4) is 0 Å². The molecule has 1 unspecified atom stereocenters. The van der Waals surface area contributed by atoms with Gasteiger partial charge in [-0.15, -0.1) is 16.4 Å². The summed E-state index contributed by atoms with van der Waals surface area (Å²) >= 11 is 1.60. The fourth-order valence-electron chi connectivity index (χ4n) is 5.02. The van der Waals surface area contributed by atoms with Crippen LogP contribution in [0.25, 0.3) is 21.3 Å². The smallest absolute Gasteiger partial charge is 0.245 e. The van der Waals surface area contributed by atoms with Gasteiger partial charge in [0.15, 0.2) is 5.82 Å². The molecule has 5 rings (SSSR count). The molecule has 0 N–H and O–H groups in total. The quantitative estimate of drug-likeness (QED) is 0.484. The topological polar surface area (TPSA) is 50.6 Å². The molecular weight excluding hydrogens is 420 g/mol. The predicted molar refractivity (Wildman–Crippen MR) is 131 cm³/mol. The molecule has 0 amide bonds. The van der Waals surface area contributed by atoms with Gasteiger partial charge in [-0.1, -0.05) is 30.3 Å². The maximum Gasteiger partial charge on any atom is 0.245 e. The molecule has 0 radical (unpaired) electrons. The Kier molecular flexibility index (Phi) is 6.57. The molecule has 2 aliphatic rings. The van der Waals surface area contributed by atoms with E-state index in [0.29, 0.717) is 5.92 Å². The second-order valence-electron chi connectivity index (χ2n) is 9.03. The van der Waals surface area contributed by atoms with Crippen LogP contribution in [0.2, 0.25) is 0 Å². The zero-order chi connectivity index (χ0) is 21.9. The van der Waals surface area contributed by atoms with E-state index in [1.54, 1.807) is 22.9 Å². The molecule has 0 saturated carbocycles. The Bertz CT molecular complexity index is 1050. The Balaban J connectivity index is 1.34. The minimum Gasteiger partial charge on any atom is -0.380 e. The van der Waals surface area contributed by atoms with E-state index in [9.17, 15) is 4.79 Å². The Morgan fingerprint density at radius 2 is 1.97 bits per heavy atom. The maximum absolute atomic E-state index is 12.3. The average Bonchev–Trinajstić information content (AvgIpc) is 3.55. The summed E-state index contributed by atoms with van der Waals surface area (Å²) in [5, 5.41) is 8.06. The molecule has 2 saturated heterocycles. The lowest BCUT2D eigenvalue weighted by Crippen LogP contribution is -2.38. The van der Waals surface area contributed by atoms with Gasteiger partial charge in [0.05, 0.1) is 18.6 Å². The van der Waals surface area contributed by atoms with E-state index in [2.05, 4.69) is 39.4 Å². The molecule has 0 bridgehead atoms. The first-order chi connectivity index (χ1) is 15.7. The molecule has 0 spiro atoms. The molecule has 2 fully saturated rings. The number of hydrogen-bond donors (Lipinski definition) is 0. The first kappa shape index (κ1) is 21.6. The van der Waals surface area contributed by atoms with Gasteiger partial charge in [0.25, 0.3) is 0 Å². The van der Waals surface area contributed by atoms with Crippen molar-refractivity contribution in [2.45, 2.75) is 32.6 Å². The van der Waals surface area contributed by atoms with Crippen molar-refractivity contribution in [2.24, 2.45) is 5.92 Å². The van der Waals surface area contributed by atoms with Gasteiger partial charge in [-0.2, -0.15) is 4.68 Å². The van der Waals surface area contributed by atoms with Crippen molar-refractivity contribution in [3.8, 4) is 11.1 Å².